The minimum atomic E-state index is -5.09. The maximum atomic E-state index is 13.1. The standard InChI is InChI=1S/C12H13F4N3O2/c13-7-3-4-8(19-11(21)12(14,15)16)9(6-7)18-10(20)2-1-5-17/h3-4,6H,1-2,5,17H2,(H,18,20)(H,19,21). The Labute approximate surface area is 117 Å². The fraction of sp³-hybridized carbons (Fsp3) is 0.333. The summed E-state index contributed by atoms with van der Waals surface area (Å²) in [7, 11) is 0. The van der Waals surface area contributed by atoms with Gasteiger partial charge in [-0.1, -0.05) is 0 Å². The van der Waals surface area contributed by atoms with E-state index in [4.69, 9.17) is 5.73 Å². The van der Waals surface area contributed by atoms with Crippen molar-refractivity contribution in [1.29, 1.82) is 0 Å². The molecule has 0 spiro atoms. The van der Waals surface area contributed by atoms with Gasteiger partial charge in [-0.3, -0.25) is 9.59 Å². The van der Waals surface area contributed by atoms with Gasteiger partial charge in [0.1, 0.15) is 5.82 Å². The Bertz CT molecular complexity index is 532. The van der Waals surface area contributed by atoms with Crippen LogP contribution in [0.1, 0.15) is 12.8 Å². The maximum Gasteiger partial charge on any atom is 0.471 e. The second-order valence-electron chi connectivity index (χ2n) is 4.08. The van der Waals surface area contributed by atoms with E-state index in [1.54, 1.807) is 5.32 Å². The monoisotopic (exact) mass is 307 g/mol. The van der Waals surface area contributed by atoms with Crippen LogP contribution >= 0.6 is 0 Å². The molecule has 5 nitrogen and oxygen atoms in total. The second-order valence-corrected chi connectivity index (χ2v) is 4.08. The minimum Gasteiger partial charge on any atom is -0.330 e. The zero-order chi connectivity index (χ0) is 16.0. The summed E-state index contributed by atoms with van der Waals surface area (Å²) in [6, 6.07) is 2.60. The molecule has 0 aromatic heterocycles. The zero-order valence-corrected chi connectivity index (χ0v) is 10.8. The van der Waals surface area contributed by atoms with E-state index < -0.39 is 23.8 Å². The number of hydrogen-bond donors (Lipinski definition) is 3. The van der Waals surface area contributed by atoms with Gasteiger partial charge in [-0.2, -0.15) is 13.2 Å². The Balaban J connectivity index is 2.90. The van der Waals surface area contributed by atoms with Crippen LogP contribution in [0.5, 0.6) is 0 Å². The number of alkyl halides is 3. The lowest BCUT2D eigenvalue weighted by atomic mass is 10.2. The molecule has 0 unspecified atom stereocenters. The molecule has 116 valence electrons. The lowest BCUT2D eigenvalue weighted by molar-refractivity contribution is -0.167. The topological polar surface area (TPSA) is 84.2 Å². The average Bonchev–Trinajstić information content (AvgIpc) is 2.38. The van der Waals surface area contributed by atoms with Crippen LogP contribution in [0, 0.1) is 5.82 Å². The molecule has 0 bridgehead atoms. The number of amides is 2. The number of hydrogen-bond acceptors (Lipinski definition) is 3. The van der Waals surface area contributed by atoms with Crippen LogP contribution in [0.15, 0.2) is 18.2 Å². The maximum absolute atomic E-state index is 13.1. The van der Waals surface area contributed by atoms with Crippen molar-refractivity contribution in [1.82, 2.24) is 0 Å². The summed E-state index contributed by atoms with van der Waals surface area (Å²) in [5.74, 6) is -3.53. The lowest BCUT2D eigenvalue weighted by Crippen LogP contribution is -2.30. The number of anilines is 2. The van der Waals surface area contributed by atoms with Crippen molar-refractivity contribution >= 4 is 23.2 Å². The summed E-state index contributed by atoms with van der Waals surface area (Å²) in [6.45, 7) is 0.258. The van der Waals surface area contributed by atoms with Gasteiger partial charge in [0.05, 0.1) is 11.4 Å². The Kier molecular flexibility index (Phi) is 5.65. The van der Waals surface area contributed by atoms with Gasteiger partial charge in [0.2, 0.25) is 5.91 Å². The first kappa shape index (κ1) is 16.9. The smallest absolute Gasteiger partial charge is 0.330 e. The van der Waals surface area contributed by atoms with E-state index in [0.717, 1.165) is 18.2 Å². The van der Waals surface area contributed by atoms with Crippen molar-refractivity contribution in [3.05, 3.63) is 24.0 Å². The highest BCUT2D eigenvalue weighted by Crippen LogP contribution is 2.25. The first-order chi connectivity index (χ1) is 9.74. The van der Waals surface area contributed by atoms with Gasteiger partial charge < -0.3 is 16.4 Å². The Morgan fingerprint density at radius 2 is 1.81 bits per heavy atom. The summed E-state index contributed by atoms with van der Waals surface area (Å²) >= 11 is 0. The zero-order valence-electron chi connectivity index (χ0n) is 10.8. The molecule has 0 aliphatic heterocycles. The highest BCUT2D eigenvalue weighted by molar-refractivity contribution is 6.01. The second kappa shape index (κ2) is 7.02. The molecular formula is C12H13F4N3O2. The van der Waals surface area contributed by atoms with Crippen molar-refractivity contribution in [2.24, 2.45) is 5.73 Å². The molecule has 0 aliphatic rings. The molecule has 1 aromatic carbocycles. The molecule has 0 fully saturated rings. The molecule has 2 amide bonds. The van der Waals surface area contributed by atoms with Crippen LogP contribution in [0.4, 0.5) is 28.9 Å². The number of carbonyl (C=O) groups excluding carboxylic acids is 2. The van der Waals surface area contributed by atoms with Crippen LogP contribution in [0.3, 0.4) is 0 Å². The van der Waals surface area contributed by atoms with Crippen LogP contribution in [0.25, 0.3) is 0 Å². The fourth-order valence-corrected chi connectivity index (χ4v) is 1.40. The van der Waals surface area contributed by atoms with Crippen LogP contribution in [-0.4, -0.2) is 24.5 Å². The largest absolute Gasteiger partial charge is 0.471 e. The van der Waals surface area contributed by atoms with Crippen LogP contribution in [0.2, 0.25) is 0 Å². The summed E-state index contributed by atoms with van der Waals surface area (Å²) in [6.07, 6.45) is -4.69. The van der Waals surface area contributed by atoms with Gasteiger partial charge in [0.25, 0.3) is 0 Å². The Morgan fingerprint density at radius 1 is 1.14 bits per heavy atom. The highest BCUT2D eigenvalue weighted by atomic mass is 19.4. The van der Waals surface area contributed by atoms with Crippen molar-refractivity contribution < 1.29 is 27.2 Å². The molecule has 0 saturated carbocycles. The molecule has 0 atom stereocenters. The van der Waals surface area contributed by atoms with Gasteiger partial charge in [-0.25, -0.2) is 4.39 Å². The number of carbonyl (C=O) groups is 2. The number of rotatable bonds is 5. The lowest BCUT2D eigenvalue weighted by Gasteiger charge is -2.13. The van der Waals surface area contributed by atoms with Gasteiger partial charge in [-0.05, 0) is 31.2 Å². The fourth-order valence-electron chi connectivity index (χ4n) is 1.40. The molecule has 1 aromatic rings. The van der Waals surface area contributed by atoms with E-state index in [2.05, 4.69) is 5.32 Å². The van der Waals surface area contributed by atoms with E-state index in [1.165, 1.54) is 0 Å². The molecular weight excluding hydrogens is 294 g/mol. The molecule has 4 N–H and O–H groups in total. The first-order valence-electron chi connectivity index (χ1n) is 5.91. The summed E-state index contributed by atoms with van der Waals surface area (Å²) < 4.78 is 49.7. The molecule has 0 heterocycles. The van der Waals surface area contributed by atoms with Gasteiger partial charge in [0.15, 0.2) is 0 Å². The van der Waals surface area contributed by atoms with Gasteiger partial charge >= 0.3 is 12.1 Å². The Hall–Kier alpha value is -2.16. The molecule has 0 radical (unpaired) electrons. The number of nitrogens with one attached hydrogen (secondary N) is 2. The summed E-state index contributed by atoms with van der Waals surface area (Å²) in [5, 5.41) is 3.80. The minimum absolute atomic E-state index is 0.0275. The molecule has 21 heavy (non-hydrogen) atoms. The van der Waals surface area contributed by atoms with Gasteiger partial charge in [0, 0.05) is 6.42 Å². The van der Waals surface area contributed by atoms with E-state index in [9.17, 15) is 27.2 Å². The third kappa shape index (κ3) is 5.38. The number of benzene rings is 1. The quantitative estimate of drug-likeness (QED) is 0.727. The predicted molar refractivity (Wildman–Crippen MR) is 68.0 cm³/mol. The first-order valence-corrected chi connectivity index (χ1v) is 5.91. The highest BCUT2D eigenvalue weighted by Gasteiger charge is 2.39. The van der Waals surface area contributed by atoms with E-state index in [1.807, 2.05) is 0 Å². The molecule has 0 aliphatic carbocycles. The van der Waals surface area contributed by atoms with Crippen LogP contribution in [-0.2, 0) is 9.59 Å². The van der Waals surface area contributed by atoms with Crippen molar-refractivity contribution in [3.8, 4) is 0 Å². The normalized spacial score (nSPS) is 11.1. The SMILES string of the molecule is NCCCC(=O)Nc1cc(F)ccc1NC(=O)C(F)(F)F. The van der Waals surface area contributed by atoms with Crippen LogP contribution < -0.4 is 16.4 Å². The number of nitrogens with two attached hydrogens (primary N) is 1. The van der Waals surface area contributed by atoms with Crippen molar-refractivity contribution in [3.63, 3.8) is 0 Å². The van der Waals surface area contributed by atoms with E-state index >= 15 is 0 Å². The van der Waals surface area contributed by atoms with E-state index in [0.29, 0.717) is 6.42 Å². The van der Waals surface area contributed by atoms with Gasteiger partial charge in [-0.15, -0.1) is 0 Å². The Morgan fingerprint density at radius 3 is 2.38 bits per heavy atom. The third-order valence-electron chi connectivity index (χ3n) is 2.37. The summed E-state index contributed by atoms with van der Waals surface area (Å²) in [4.78, 5) is 22.4. The van der Waals surface area contributed by atoms with E-state index in [-0.39, 0.29) is 24.3 Å². The third-order valence-corrected chi connectivity index (χ3v) is 2.37. The summed E-state index contributed by atoms with van der Waals surface area (Å²) in [5.41, 5.74) is 4.61. The molecule has 0 saturated heterocycles. The predicted octanol–water partition coefficient (Wildman–Crippen LogP) is 2.00. The molecule has 1 rings (SSSR count). The number of halogens is 4. The molecule has 9 heteroatoms. The average molecular weight is 307 g/mol. The van der Waals surface area contributed by atoms with Crippen molar-refractivity contribution in [2.45, 2.75) is 19.0 Å². The van der Waals surface area contributed by atoms with Crippen molar-refractivity contribution in [2.75, 3.05) is 17.2 Å².